The van der Waals surface area contributed by atoms with E-state index in [1.54, 1.807) is 0 Å². The van der Waals surface area contributed by atoms with Crippen molar-refractivity contribution in [2.45, 2.75) is 203 Å². The topological polar surface area (TPSA) is 339 Å². The summed E-state index contributed by atoms with van der Waals surface area (Å²) in [6.45, 7) is 8.47. The third kappa shape index (κ3) is 9.19. The highest BCUT2D eigenvalue weighted by molar-refractivity contribution is 5.19. The lowest BCUT2D eigenvalue weighted by Gasteiger charge is -2.72. The molecule has 7 fully saturated rings. The van der Waals surface area contributed by atoms with Gasteiger partial charge >= 0.3 is 0 Å². The minimum absolute atomic E-state index is 0.0477. The van der Waals surface area contributed by atoms with Crippen molar-refractivity contribution in [3.63, 3.8) is 0 Å². The van der Waals surface area contributed by atoms with E-state index >= 15 is 0 Å². The first-order chi connectivity index (χ1) is 32.1. The van der Waals surface area contributed by atoms with E-state index in [1.807, 2.05) is 19.9 Å². The number of aliphatic hydroxyl groups is 14. The Hall–Kier alpha value is -1.06. The molecule has 4 saturated carbocycles. The number of rotatable bonds is 15. The third-order valence-corrected chi connectivity index (χ3v) is 19.2. The van der Waals surface area contributed by atoms with E-state index in [0.29, 0.717) is 32.1 Å². The van der Waals surface area contributed by atoms with Crippen LogP contribution in [0.4, 0.5) is 0 Å². The fourth-order valence-electron chi connectivity index (χ4n) is 14.7. The zero-order valence-corrected chi connectivity index (χ0v) is 40.1. The number of fused-ring (bicyclic) bond motifs is 5. The Labute approximate surface area is 398 Å². The van der Waals surface area contributed by atoms with Crippen molar-refractivity contribution >= 4 is 0 Å². The summed E-state index contributed by atoms with van der Waals surface area (Å²) < 4.78 is 35.5. The van der Waals surface area contributed by atoms with Gasteiger partial charge in [-0.2, -0.15) is 0 Å². The number of ether oxygens (including phenoxy) is 6. The summed E-state index contributed by atoms with van der Waals surface area (Å²) in [6.07, 6.45) is -15.5. The standard InChI is InChI=1S/C48H82O20/c1-23(20-63-41-37(60)34(57)31(54)25(17-49)64-41)7-6-12-48(22-53)16-15-46(4)24(40(48)62)8-9-29-44(2)13-11-30(45(3,21-52)28(44)10-14-47(29,46)5)67-43-39(36(59)33(56)27(19-51)66-43)68-42-38(61)35(58)32(55)26(18-50)65-42/h7,24-43,49-62H,6,8-22H2,1-5H3. The molecule has 20 heteroatoms. The zero-order valence-electron chi connectivity index (χ0n) is 40.1. The van der Waals surface area contributed by atoms with Crippen LogP contribution in [0.5, 0.6) is 0 Å². The average molecular weight is 979 g/mol. The second-order valence-corrected chi connectivity index (χ2v) is 22.6. The van der Waals surface area contributed by atoms with E-state index in [0.717, 1.165) is 37.7 Å². The minimum Gasteiger partial charge on any atom is -0.396 e. The quantitative estimate of drug-likeness (QED) is 0.0619. The van der Waals surface area contributed by atoms with E-state index in [4.69, 9.17) is 28.4 Å². The summed E-state index contributed by atoms with van der Waals surface area (Å²) in [5, 5.41) is 149. The van der Waals surface area contributed by atoms with Crippen molar-refractivity contribution in [2.75, 3.05) is 39.6 Å². The van der Waals surface area contributed by atoms with Crippen molar-refractivity contribution in [3.05, 3.63) is 11.6 Å². The Morgan fingerprint density at radius 1 is 0.559 bits per heavy atom. The smallest absolute Gasteiger partial charge is 0.187 e. The van der Waals surface area contributed by atoms with Crippen LogP contribution in [-0.2, 0) is 28.4 Å². The van der Waals surface area contributed by atoms with Crippen molar-refractivity contribution in [1.29, 1.82) is 0 Å². The van der Waals surface area contributed by atoms with Gasteiger partial charge in [0.05, 0.1) is 51.8 Å². The van der Waals surface area contributed by atoms with E-state index < -0.39 is 135 Å². The Balaban J connectivity index is 1.04. The normalized spacial score (nSPS) is 53.3. The summed E-state index contributed by atoms with van der Waals surface area (Å²) in [4.78, 5) is 0. The molecule has 0 amide bonds. The zero-order chi connectivity index (χ0) is 49.9. The molecule has 7 aliphatic rings. The maximum atomic E-state index is 12.4. The molecule has 0 radical (unpaired) electrons. The van der Waals surface area contributed by atoms with Gasteiger partial charge in [-0.05, 0) is 105 Å². The first kappa shape index (κ1) is 54.7. The van der Waals surface area contributed by atoms with Gasteiger partial charge in [-0.3, -0.25) is 0 Å². The SMILES string of the molecule is CC(=CCCC1(CO)CCC2(C)C(CCC3C4(C)CCC(OC5OC(CO)C(O)C(O)C5OC5OC(CO)C(O)C(O)C5O)C(C)(CO)C4CCC32C)C1O)COC1OC(CO)C(O)C(O)C1O. The fraction of sp³-hybridized carbons (Fsp3) is 0.958. The van der Waals surface area contributed by atoms with Crippen LogP contribution in [-0.4, -0.2) is 215 Å². The summed E-state index contributed by atoms with van der Waals surface area (Å²) >= 11 is 0. The Morgan fingerprint density at radius 2 is 1.13 bits per heavy atom. The predicted molar refractivity (Wildman–Crippen MR) is 236 cm³/mol. The highest BCUT2D eigenvalue weighted by Crippen LogP contribution is 2.75. The van der Waals surface area contributed by atoms with Gasteiger partial charge in [-0.25, -0.2) is 0 Å². The molecule has 0 aromatic heterocycles. The predicted octanol–water partition coefficient (Wildman–Crippen LogP) is -2.08. The summed E-state index contributed by atoms with van der Waals surface area (Å²) in [5.41, 5.74) is -1.57. The molecule has 25 atom stereocenters. The lowest BCUT2D eigenvalue weighted by atomic mass is 9.33. The largest absolute Gasteiger partial charge is 0.396 e. The van der Waals surface area contributed by atoms with Crippen molar-refractivity contribution in [2.24, 2.45) is 44.8 Å². The molecule has 0 spiro atoms. The van der Waals surface area contributed by atoms with E-state index in [-0.39, 0.29) is 53.8 Å². The van der Waals surface area contributed by atoms with Gasteiger partial charge in [0.25, 0.3) is 0 Å². The van der Waals surface area contributed by atoms with E-state index in [1.165, 1.54) is 0 Å². The van der Waals surface area contributed by atoms with Crippen LogP contribution in [0.1, 0.15) is 98.8 Å². The lowest BCUT2D eigenvalue weighted by Crippen LogP contribution is -2.69. The number of hydrogen-bond acceptors (Lipinski definition) is 20. The molecule has 394 valence electrons. The van der Waals surface area contributed by atoms with Crippen molar-refractivity contribution in [1.82, 2.24) is 0 Å². The molecule has 0 aromatic carbocycles. The second-order valence-electron chi connectivity index (χ2n) is 22.6. The maximum Gasteiger partial charge on any atom is 0.187 e. The van der Waals surface area contributed by atoms with Gasteiger partial charge in [-0.15, -0.1) is 0 Å². The van der Waals surface area contributed by atoms with Crippen LogP contribution >= 0.6 is 0 Å². The monoisotopic (exact) mass is 979 g/mol. The van der Waals surface area contributed by atoms with Gasteiger partial charge in [0, 0.05) is 10.8 Å². The van der Waals surface area contributed by atoms with Gasteiger partial charge in [0.1, 0.15) is 73.2 Å². The molecular formula is C48H82O20. The summed E-state index contributed by atoms with van der Waals surface area (Å²) in [6, 6.07) is 0. The van der Waals surface area contributed by atoms with Crippen LogP contribution in [0.3, 0.4) is 0 Å². The summed E-state index contributed by atoms with van der Waals surface area (Å²) in [7, 11) is 0. The Morgan fingerprint density at radius 3 is 1.72 bits per heavy atom. The molecule has 7 rings (SSSR count). The van der Waals surface area contributed by atoms with Gasteiger partial charge < -0.3 is 99.9 Å². The van der Waals surface area contributed by atoms with Crippen molar-refractivity contribution in [3.8, 4) is 0 Å². The molecule has 20 nitrogen and oxygen atoms in total. The van der Waals surface area contributed by atoms with Gasteiger partial charge in [0.15, 0.2) is 18.9 Å². The van der Waals surface area contributed by atoms with Crippen LogP contribution in [0.25, 0.3) is 0 Å². The molecule has 14 N–H and O–H groups in total. The maximum absolute atomic E-state index is 12.4. The van der Waals surface area contributed by atoms with E-state index in [9.17, 15) is 71.5 Å². The first-order valence-corrected chi connectivity index (χ1v) is 24.8. The molecule has 68 heavy (non-hydrogen) atoms. The molecule has 0 bridgehead atoms. The number of hydrogen-bond donors (Lipinski definition) is 14. The molecular weight excluding hydrogens is 897 g/mol. The van der Waals surface area contributed by atoms with Crippen LogP contribution in [0, 0.1) is 44.8 Å². The highest BCUT2D eigenvalue weighted by Gasteiger charge is 2.70. The highest BCUT2D eigenvalue weighted by atomic mass is 16.8. The number of aliphatic hydroxyl groups excluding tert-OH is 14. The summed E-state index contributed by atoms with van der Waals surface area (Å²) in [5.74, 6) is 0.0618. The number of allylic oxidation sites excluding steroid dienone is 1. The molecule has 3 aliphatic heterocycles. The van der Waals surface area contributed by atoms with E-state index in [2.05, 4.69) is 20.8 Å². The lowest BCUT2D eigenvalue weighted by molar-refractivity contribution is -0.379. The first-order valence-electron chi connectivity index (χ1n) is 24.8. The second kappa shape index (κ2) is 21.0. The van der Waals surface area contributed by atoms with Crippen molar-refractivity contribution < 1.29 is 99.9 Å². The fourth-order valence-corrected chi connectivity index (χ4v) is 14.7. The molecule has 4 aliphatic carbocycles. The average Bonchev–Trinajstić information content (AvgIpc) is 3.32. The minimum atomic E-state index is -1.82. The molecule has 3 heterocycles. The molecule has 25 unspecified atom stereocenters. The Kier molecular flexibility index (Phi) is 16.9. The third-order valence-electron chi connectivity index (χ3n) is 19.2. The molecule has 3 saturated heterocycles. The Bertz CT molecular complexity index is 1710. The van der Waals surface area contributed by atoms with Crippen LogP contribution < -0.4 is 0 Å². The van der Waals surface area contributed by atoms with Gasteiger partial charge in [0.2, 0.25) is 0 Å². The molecule has 0 aromatic rings. The van der Waals surface area contributed by atoms with Gasteiger partial charge in [-0.1, -0.05) is 39.3 Å². The van der Waals surface area contributed by atoms with Crippen LogP contribution in [0.2, 0.25) is 0 Å². The van der Waals surface area contributed by atoms with Crippen LogP contribution in [0.15, 0.2) is 11.6 Å².